The van der Waals surface area contributed by atoms with Crippen molar-refractivity contribution in [3.05, 3.63) is 69.3 Å². The van der Waals surface area contributed by atoms with Crippen molar-refractivity contribution in [2.24, 2.45) is 0 Å². The maximum atomic E-state index is 12.4. The summed E-state index contributed by atoms with van der Waals surface area (Å²) in [6, 6.07) is 12.4. The van der Waals surface area contributed by atoms with Crippen LogP contribution >= 0.6 is 0 Å². The van der Waals surface area contributed by atoms with Crippen molar-refractivity contribution < 1.29 is 14.5 Å². The minimum atomic E-state index is -0.442. The van der Waals surface area contributed by atoms with E-state index in [1.165, 1.54) is 6.07 Å². The molecule has 26 heavy (non-hydrogen) atoms. The van der Waals surface area contributed by atoms with Crippen LogP contribution in [-0.4, -0.2) is 37.1 Å². The lowest BCUT2D eigenvalue weighted by molar-refractivity contribution is -0.384. The molecular weight excluding hydrogens is 334 g/mol. The second-order valence-electron chi connectivity index (χ2n) is 6.17. The van der Waals surface area contributed by atoms with Crippen molar-refractivity contribution in [2.45, 2.75) is 13.5 Å². The summed E-state index contributed by atoms with van der Waals surface area (Å²) in [6.07, 6.45) is 0. The van der Waals surface area contributed by atoms with Crippen LogP contribution in [0.2, 0.25) is 0 Å². The second-order valence-corrected chi connectivity index (χ2v) is 6.17. The fourth-order valence-electron chi connectivity index (χ4n) is 2.97. The van der Waals surface area contributed by atoms with Gasteiger partial charge in [-0.15, -0.1) is 0 Å². The van der Waals surface area contributed by atoms with Gasteiger partial charge in [-0.3, -0.25) is 14.9 Å². The first kappa shape index (κ1) is 17.9. The summed E-state index contributed by atoms with van der Waals surface area (Å²) in [4.78, 5) is 25.4. The summed E-state index contributed by atoms with van der Waals surface area (Å²) >= 11 is 0. The Balaban J connectivity index is 1.77. The zero-order valence-electron chi connectivity index (χ0n) is 14.6. The number of rotatable bonds is 5. The van der Waals surface area contributed by atoms with Gasteiger partial charge in [-0.2, -0.15) is 0 Å². The maximum Gasteiger partial charge on any atom is 0.293 e. The lowest BCUT2D eigenvalue weighted by atomic mass is 10.1. The molecule has 136 valence electrons. The van der Waals surface area contributed by atoms with E-state index in [1.807, 2.05) is 36.1 Å². The second kappa shape index (κ2) is 7.97. The standard InChI is InChI=1S/C19H21N3O4/c1-14-4-2-3-5-16(14)13-20-19(23)15-6-7-17(18(12-15)22(24)25)21-8-10-26-11-9-21/h2-7,12H,8-11,13H2,1H3,(H,20,23). The van der Waals surface area contributed by atoms with E-state index >= 15 is 0 Å². The number of hydrogen-bond acceptors (Lipinski definition) is 5. The van der Waals surface area contributed by atoms with Crippen molar-refractivity contribution in [1.29, 1.82) is 0 Å². The maximum absolute atomic E-state index is 12.4. The average Bonchev–Trinajstić information content (AvgIpc) is 2.67. The Labute approximate surface area is 151 Å². The number of nitro groups is 1. The molecule has 2 aromatic carbocycles. The molecule has 1 aliphatic rings. The summed E-state index contributed by atoms with van der Waals surface area (Å²) in [5.74, 6) is -0.329. The fraction of sp³-hybridized carbons (Fsp3) is 0.316. The van der Waals surface area contributed by atoms with Gasteiger partial charge < -0.3 is 15.0 Å². The highest BCUT2D eigenvalue weighted by molar-refractivity contribution is 5.95. The number of nitrogens with one attached hydrogen (secondary N) is 1. The first-order valence-corrected chi connectivity index (χ1v) is 8.50. The van der Waals surface area contributed by atoms with Crippen LogP contribution in [0.5, 0.6) is 0 Å². The molecule has 0 unspecified atom stereocenters. The topological polar surface area (TPSA) is 84.7 Å². The van der Waals surface area contributed by atoms with Crippen LogP contribution < -0.4 is 10.2 Å². The van der Waals surface area contributed by atoms with Crippen LogP contribution in [0.25, 0.3) is 0 Å². The molecule has 1 aliphatic heterocycles. The van der Waals surface area contributed by atoms with E-state index in [0.717, 1.165) is 11.1 Å². The zero-order valence-corrected chi connectivity index (χ0v) is 14.6. The molecular formula is C19H21N3O4. The van der Waals surface area contributed by atoms with E-state index in [1.54, 1.807) is 12.1 Å². The van der Waals surface area contributed by atoms with E-state index < -0.39 is 4.92 Å². The molecule has 0 bridgehead atoms. The van der Waals surface area contributed by atoms with Crippen LogP contribution in [-0.2, 0) is 11.3 Å². The van der Waals surface area contributed by atoms with Gasteiger partial charge in [0.2, 0.25) is 0 Å². The van der Waals surface area contributed by atoms with Crippen LogP contribution in [0, 0.1) is 17.0 Å². The van der Waals surface area contributed by atoms with Gasteiger partial charge in [0.25, 0.3) is 11.6 Å². The highest BCUT2D eigenvalue weighted by atomic mass is 16.6. The lowest BCUT2D eigenvalue weighted by Gasteiger charge is -2.28. The summed E-state index contributed by atoms with van der Waals surface area (Å²) in [7, 11) is 0. The molecule has 0 spiro atoms. The first-order valence-electron chi connectivity index (χ1n) is 8.50. The van der Waals surface area contributed by atoms with E-state index in [4.69, 9.17) is 4.74 Å². The summed E-state index contributed by atoms with van der Waals surface area (Å²) < 4.78 is 5.29. The molecule has 1 N–H and O–H groups in total. The van der Waals surface area contributed by atoms with Gasteiger partial charge in [0, 0.05) is 31.3 Å². The number of amides is 1. The minimum Gasteiger partial charge on any atom is -0.378 e. The number of benzene rings is 2. The van der Waals surface area contributed by atoms with E-state index in [0.29, 0.717) is 38.5 Å². The monoisotopic (exact) mass is 355 g/mol. The SMILES string of the molecule is Cc1ccccc1CNC(=O)c1ccc(N2CCOCC2)c([N+](=O)[O-])c1. The third-order valence-electron chi connectivity index (χ3n) is 4.49. The van der Waals surface area contributed by atoms with Crippen molar-refractivity contribution in [3.8, 4) is 0 Å². The predicted molar refractivity (Wildman–Crippen MR) is 98.5 cm³/mol. The van der Waals surface area contributed by atoms with Crippen LogP contribution in [0.4, 0.5) is 11.4 Å². The van der Waals surface area contributed by atoms with Gasteiger partial charge >= 0.3 is 0 Å². The molecule has 0 aliphatic carbocycles. The molecule has 0 saturated carbocycles. The number of nitrogens with zero attached hydrogens (tertiary/aromatic N) is 2. The molecule has 0 atom stereocenters. The lowest BCUT2D eigenvalue weighted by Crippen LogP contribution is -2.36. The Kier molecular flexibility index (Phi) is 5.48. The highest BCUT2D eigenvalue weighted by Gasteiger charge is 2.23. The Morgan fingerprint density at radius 1 is 1.23 bits per heavy atom. The van der Waals surface area contributed by atoms with E-state index in [2.05, 4.69) is 5.32 Å². The third kappa shape index (κ3) is 4.00. The Morgan fingerprint density at radius 2 is 1.96 bits per heavy atom. The number of hydrogen-bond donors (Lipinski definition) is 1. The molecule has 1 saturated heterocycles. The molecule has 3 rings (SSSR count). The molecule has 2 aromatic rings. The quantitative estimate of drug-likeness (QED) is 0.658. The Morgan fingerprint density at radius 3 is 2.65 bits per heavy atom. The number of aryl methyl sites for hydroxylation is 1. The van der Waals surface area contributed by atoms with Crippen molar-refractivity contribution in [1.82, 2.24) is 5.32 Å². The van der Waals surface area contributed by atoms with Crippen molar-refractivity contribution >= 4 is 17.3 Å². The first-order chi connectivity index (χ1) is 12.6. The molecule has 1 heterocycles. The van der Waals surface area contributed by atoms with Gasteiger partial charge in [0.15, 0.2) is 0 Å². The van der Waals surface area contributed by atoms with E-state index in [9.17, 15) is 14.9 Å². The molecule has 1 amide bonds. The number of nitro benzene ring substituents is 1. The number of morpholine rings is 1. The molecule has 7 heteroatoms. The minimum absolute atomic E-state index is 0.0598. The number of ether oxygens (including phenoxy) is 1. The molecule has 7 nitrogen and oxygen atoms in total. The number of carbonyl (C=O) groups excluding carboxylic acids is 1. The smallest absolute Gasteiger partial charge is 0.293 e. The normalized spacial score (nSPS) is 14.1. The van der Waals surface area contributed by atoms with Crippen LogP contribution in [0.15, 0.2) is 42.5 Å². The van der Waals surface area contributed by atoms with Crippen molar-refractivity contribution in [2.75, 3.05) is 31.2 Å². The summed E-state index contributed by atoms with van der Waals surface area (Å²) in [6.45, 7) is 4.62. The highest BCUT2D eigenvalue weighted by Crippen LogP contribution is 2.30. The van der Waals surface area contributed by atoms with Gasteiger partial charge in [0.1, 0.15) is 5.69 Å². The molecule has 0 aromatic heterocycles. The van der Waals surface area contributed by atoms with Gasteiger partial charge in [-0.25, -0.2) is 0 Å². The van der Waals surface area contributed by atoms with E-state index in [-0.39, 0.29) is 17.2 Å². The zero-order chi connectivity index (χ0) is 18.5. The predicted octanol–water partition coefficient (Wildman–Crippen LogP) is 2.67. The number of anilines is 1. The third-order valence-corrected chi connectivity index (χ3v) is 4.49. The van der Waals surface area contributed by atoms with Crippen LogP contribution in [0.3, 0.4) is 0 Å². The number of carbonyl (C=O) groups is 1. The van der Waals surface area contributed by atoms with Crippen LogP contribution in [0.1, 0.15) is 21.5 Å². The molecule has 0 radical (unpaired) electrons. The summed E-state index contributed by atoms with van der Waals surface area (Å²) in [5, 5.41) is 14.3. The average molecular weight is 355 g/mol. The fourth-order valence-corrected chi connectivity index (χ4v) is 2.97. The van der Waals surface area contributed by atoms with Gasteiger partial charge in [0.05, 0.1) is 18.1 Å². The Hall–Kier alpha value is -2.93. The van der Waals surface area contributed by atoms with Gasteiger partial charge in [-0.05, 0) is 30.2 Å². The Bertz CT molecular complexity index is 816. The largest absolute Gasteiger partial charge is 0.378 e. The summed E-state index contributed by atoms with van der Waals surface area (Å²) in [5.41, 5.74) is 2.84. The van der Waals surface area contributed by atoms with Crippen molar-refractivity contribution in [3.63, 3.8) is 0 Å². The van der Waals surface area contributed by atoms with Gasteiger partial charge in [-0.1, -0.05) is 24.3 Å². The molecule has 1 fully saturated rings.